The van der Waals surface area contributed by atoms with Gasteiger partial charge in [0.2, 0.25) is 0 Å². The second-order valence-electron chi connectivity index (χ2n) is 6.90. The summed E-state index contributed by atoms with van der Waals surface area (Å²) in [4.78, 5) is 15.2. The number of methoxy groups -OCH3 is 1. The lowest BCUT2D eigenvalue weighted by Gasteiger charge is -2.23. The Morgan fingerprint density at radius 3 is 2.68 bits per heavy atom. The molecule has 1 aliphatic carbocycles. The van der Waals surface area contributed by atoms with Crippen LogP contribution in [0.4, 0.5) is 0 Å². The fourth-order valence-corrected chi connectivity index (χ4v) is 3.05. The molecule has 0 saturated heterocycles. The summed E-state index contributed by atoms with van der Waals surface area (Å²) in [5, 5.41) is 4.60. The second kappa shape index (κ2) is 7.30. The van der Waals surface area contributed by atoms with E-state index in [0.29, 0.717) is 30.7 Å². The summed E-state index contributed by atoms with van der Waals surface area (Å²) in [6.45, 7) is 7.49. The van der Waals surface area contributed by atoms with Gasteiger partial charge in [-0.1, -0.05) is 32.0 Å². The van der Waals surface area contributed by atoms with E-state index in [9.17, 15) is 4.79 Å². The van der Waals surface area contributed by atoms with Crippen LogP contribution in [0.3, 0.4) is 0 Å². The van der Waals surface area contributed by atoms with Gasteiger partial charge in [0.05, 0.1) is 12.8 Å². The highest BCUT2D eigenvalue weighted by molar-refractivity contribution is 5.93. The Bertz CT molecular complexity index is 747. The summed E-state index contributed by atoms with van der Waals surface area (Å²) in [6, 6.07) is 10.2. The van der Waals surface area contributed by atoms with Crippen molar-refractivity contribution in [1.82, 2.24) is 14.7 Å². The quantitative estimate of drug-likeness (QED) is 0.769. The summed E-state index contributed by atoms with van der Waals surface area (Å²) in [7, 11) is 1.67. The molecule has 5 heteroatoms. The molecule has 0 unspecified atom stereocenters. The van der Waals surface area contributed by atoms with Crippen LogP contribution in [0, 0.1) is 0 Å². The fraction of sp³-hybridized carbons (Fsp3) is 0.500. The van der Waals surface area contributed by atoms with Gasteiger partial charge in [-0.2, -0.15) is 5.10 Å². The van der Waals surface area contributed by atoms with Gasteiger partial charge >= 0.3 is 0 Å². The van der Waals surface area contributed by atoms with Crippen LogP contribution in [0.5, 0.6) is 5.75 Å². The Balaban J connectivity index is 1.90. The lowest BCUT2D eigenvalue weighted by Crippen LogP contribution is -2.34. The fourth-order valence-electron chi connectivity index (χ4n) is 3.05. The van der Waals surface area contributed by atoms with Gasteiger partial charge in [-0.3, -0.25) is 9.48 Å². The normalized spacial score (nSPS) is 14.0. The minimum absolute atomic E-state index is 0.0645. The Kier molecular flexibility index (Phi) is 5.11. The summed E-state index contributed by atoms with van der Waals surface area (Å²) in [5.41, 5.74) is 2.70. The number of aryl methyl sites for hydroxylation is 1. The number of aromatic nitrogens is 2. The van der Waals surface area contributed by atoms with E-state index in [2.05, 4.69) is 18.9 Å². The van der Waals surface area contributed by atoms with Gasteiger partial charge < -0.3 is 9.64 Å². The van der Waals surface area contributed by atoms with Gasteiger partial charge in [-0.15, -0.1) is 0 Å². The molecule has 1 aromatic carbocycles. The van der Waals surface area contributed by atoms with Gasteiger partial charge in [0.25, 0.3) is 5.91 Å². The number of para-hydroxylation sites is 1. The predicted octanol–water partition coefficient (Wildman–Crippen LogP) is 3.84. The molecule has 1 amide bonds. The monoisotopic (exact) mass is 341 g/mol. The first-order valence-corrected chi connectivity index (χ1v) is 9.05. The number of carbonyl (C=O) groups excluding carboxylic acids is 1. The molecular weight excluding hydrogens is 314 g/mol. The highest BCUT2D eigenvalue weighted by Gasteiger charge is 2.35. The first-order chi connectivity index (χ1) is 12.0. The maximum atomic E-state index is 13.3. The molecule has 134 valence electrons. The summed E-state index contributed by atoms with van der Waals surface area (Å²) in [5.74, 6) is 1.20. The lowest BCUT2D eigenvalue weighted by molar-refractivity contribution is 0.0716. The number of hydrogen-bond acceptors (Lipinski definition) is 3. The van der Waals surface area contributed by atoms with Crippen molar-refractivity contribution in [3.63, 3.8) is 0 Å². The maximum Gasteiger partial charge on any atom is 0.272 e. The molecule has 0 radical (unpaired) electrons. The van der Waals surface area contributed by atoms with Gasteiger partial charge in [-0.05, 0) is 37.8 Å². The summed E-state index contributed by atoms with van der Waals surface area (Å²) >= 11 is 0. The zero-order valence-corrected chi connectivity index (χ0v) is 15.5. The van der Waals surface area contributed by atoms with E-state index in [1.165, 1.54) is 0 Å². The molecule has 0 aliphatic heterocycles. The number of amides is 1. The lowest BCUT2D eigenvalue weighted by atomic mass is 10.1. The van der Waals surface area contributed by atoms with Crippen LogP contribution in [0.1, 0.15) is 61.3 Å². The summed E-state index contributed by atoms with van der Waals surface area (Å²) < 4.78 is 7.29. The van der Waals surface area contributed by atoms with Crippen LogP contribution >= 0.6 is 0 Å². The Morgan fingerprint density at radius 2 is 2.08 bits per heavy atom. The molecule has 1 heterocycles. The van der Waals surface area contributed by atoms with E-state index >= 15 is 0 Å². The number of nitrogens with zero attached hydrogens (tertiary/aromatic N) is 3. The third-order valence-electron chi connectivity index (χ3n) is 4.69. The number of carbonyl (C=O) groups is 1. The van der Waals surface area contributed by atoms with Crippen molar-refractivity contribution in [3.8, 4) is 5.75 Å². The van der Waals surface area contributed by atoms with E-state index in [0.717, 1.165) is 29.8 Å². The minimum atomic E-state index is 0.0645. The molecule has 0 atom stereocenters. The van der Waals surface area contributed by atoms with E-state index < -0.39 is 0 Å². The Hall–Kier alpha value is -2.30. The van der Waals surface area contributed by atoms with Crippen molar-refractivity contribution in [2.75, 3.05) is 7.11 Å². The molecule has 0 spiro atoms. The molecule has 1 aromatic heterocycles. The van der Waals surface area contributed by atoms with Crippen LogP contribution < -0.4 is 4.74 Å². The van der Waals surface area contributed by atoms with Crippen molar-refractivity contribution in [3.05, 3.63) is 47.3 Å². The third-order valence-corrected chi connectivity index (χ3v) is 4.69. The predicted molar refractivity (Wildman–Crippen MR) is 97.9 cm³/mol. The van der Waals surface area contributed by atoms with Crippen LogP contribution in [0.2, 0.25) is 0 Å². The molecule has 1 fully saturated rings. The molecule has 1 aliphatic rings. The Labute approximate surface area is 149 Å². The van der Waals surface area contributed by atoms with E-state index in [4.69, 9.17) is 4.74 Å². The van der Waals surface area contributed by atoms with Gasteiger partial charge in [0, 0.05) is 24.7 Å². The average Bonchev–Trinajstić information content (AvgIpc) is 3.36. The maximum absolute atomic E-state index is 13.3. The van der Waals surface area contributed by atoms with Crippen LogP contribution in [0.25, 0.3) is 0 Å². The molecular formula is C20H27N3O2. The molecule has 0 bridgehead atoms. The zero-order valence-electron chi connectivity index (χ0n) is 15.5. The second-order valence-corrected chi connectivity index (χ2v) is 6.90. The van der Waals surface area contributed by atoms with E-state index in [1.807, 2.05) is 46.8 Å². The first kappa shape index (κ1) is 17.5. The first-order valence-electron chi connectivity index (χ1n) is 9.05. The van der Waals surface area contributed by atoms with Gasteiger partial charge in [-0.25, -0.2) is 0 Å². The molecule has 25 heavy (non-hydrogen) atoms. The number of hydrogen-bond donors (Lipinski definition) is 0. The van der Waals surface area contributed by atoms with Crippen LogP contribution in [-0.2, 0) is 13.1 Å². The zero-order chi connectivity index (χ0) is 18.0. The SMILES string of the molecule is CCn1nc(C(C)C)cc1C(=O)N(Cc1ccccc1OC)C1CC1. The topological polar surface area (TPSA) is 47.4 Å². The number of ether oxygens (including phenoxy) is 1. The highest BCUT2D eigenvalue weighted by atomic mass is 16.5. The smallest absolute Gasteiger partial charge is 0.272 e. The molecule has 1 saturated carbocycles. The van der Waals surface area contributed by atoms with Crippen molar-refractivity contribution < 1.29 is 9.53 Å². The average molecular weight is 341 g/mol. The molecule has 3 rings (SSSR count). The number of rotatable bonds is 7. The highest BCUT2D eigenvalue weighted by Crippen LogP contribution is 2.32. The van der Waals surface area contributed by atoms with Crippen molar-refractivity contribution >= 4 is 5.91 Å². The van der Waals surface area contributed by atoms with E-state index in [-0.39, 0.29) is 5.91 Å². The minimum Gasteiger partial charge on any atom is -0.496 e. The van der Waals surface area contributed by atoms with E-state index in [1.54, 1.807) is 7.11 Å². The van der Waals surface area contributed by atoms with Gasteiger partial charge in [0.15, 0.2) is 0 Å². The Morgan fingerprint density at radius 1 is 1.36 bits per heavy atom. The van der Waals surface area contributed by atoms with Crippen molar-refractivity contribution in [2.24, 2.45) is 0 Å². The van der Waals surface area contributed by atoms with Gasteiger partial charge in [0.1, 0.15) is 11.4 Å². The number of benzene rings is 1. The third kappa shape index (κ3) is 3.70. The molecule has 5 nitrogen and oxygen atoms in total. The van der Waals surface area contributed by atoms with Crippen LogP contribution in [0.15, 0.2) is 30.3 Å². The summed E-state index contributed by atoms with van der Waals surface area (Å²) in [6.07, 6.45) is 2.14. The largest absolute Gasteiger partial charge is 0.496 e. The van der Waals surface area contributed by atoms with Crippen LogP contribution in [-0.4, -0.2) is 33.7 Å². The van der Waals surface area contributed by atoms with Crippen molar-refractivity contribution in [2.45, 2.75) is 58.7 Å². The molecule has 2 aromatic rings. The standard InChI is InChI=1S/C20H27N3O2/c1-5-23-18(12-17(21-23)14(2)3)20(24)22(16-10-11-16)13-15-8-6-7-9-19(15)25-4/h6-9,12,14,16H,5,10-11,13H2,1-4H3. The van der Waals surface area contributed by atoms with Crippen molar-refractivity contribution in [1.29, 1.82) is 0 Å². The molecule has 0 N–H and O–H groups in total.